The van der Waals surface area contributed by atoms with E-state index in [2.05, 4.69) is 5.73 Å². The van der Waals surface area contributed by atoms with E-state index in [-0.39, 0.29) is 22.9 Å². The fraction of sp³-hybridized carbons (Fsp3) is 0. The molecule has 5 heteroatoms. The monoisotopic (exact) mass is 142 g/mol. The standard InChI is InChI=1S/CH3N2OP.Cr/c2-1(3)5-4;/h(H3,2,3);. The van der Waals surface area contributed by atoms with Crippen LogP contribution in [0.5, 0.6) is 0 Å². The molecule has 0 aromatic rings. The molecule has 0 aromatic carbocycles. The summed E-state index contributed by atoms with van der Waals surface area (Å²) in [6.07, 6.45) is 0. The number of amidine groups is 1. The van der Waals surface area contributed by atoms with Gasteiger partial charge in [-0.15, -0.1) is 0 Å². The summed E-state index contributed by atoms with van der Waals surface area (Å²) < 4.78 is 9.25. The van der Waals surface area contributed by atoms with Gasteiger partial charge in [0.1, 0.15) is 0 Å². The first-order valence-corrected chi connectivity index (χ1v) is 1.76. The molecule has 0 aromatic heterocycles. The first-order chi connectivity index (χ1) is 2.27. The molecule has 0 saturated carbocycles. The minimum atomic E-state index is -0.392. The summed E-state index contributed by atoms with van der Waals surface area (Å²) in [4.78, 5) is 0. The van der Waals surface area contributed by atoms with Gasteiger partial charge in [0.25, 0.3) is 0 Å². The van der Waals surface area contributed by atoms with E-state index in [0.717, 1.165) is 0 Å². The first kappa shape index (κ1) is 9.44. The van der Waals surface area contributed by atoms with Crippen molar-refractivity contribution < 1.29 is 21.9 Å². The van der Waals surface area contributed by atoms with Gasteiger partial charge in [-0.05, 0) is 0 Å². The largest absolute Gasteiger partial charge is 0.378 e. The van der Waals surface area contributed by atoms with E-state index in [0.29, 0.717) is 0 Å². The van der Waals surface area contributed by atoms with E-state index in [1.165, 1.54) is 0 Å². The van der Waals surface area contributed by atoms with Crippen LogP contribution in [-0.2, 0) is 21.9 Å². The third-order valence-corrected chi connectivity index (χ3v) is 0.295. The molecule has 3 N–H and O–H groups in total. The van der Waals surface area contributed by atoms with E-state index in [1.807, 2.05) is 0 Å². The summed E-state index contributed by atoms with van der Waals surface area (Å²) in [5, 5.41) is 6.20. The Balaban J connectivity index is 0. The average Bonchev–Trinajstić information content (AvgIpc) is 1.38. The fourth-order valence-electron chi connectivity index (χ4n) is 0. The number of nitrogens with one attached hydrogen (secondary N) is 1. The topological polar surface area (TPSA) is 66.9 Å². The predicted molar refractivity (Wildman–Crippen MR) is 19.5 cm³/mol. The van der Waals surface area contributed by atoms with E-state index < -0.39 is 8.46 Å². The van der Waals surface area contributed by atoms with Gasteiger partial charge in [-0.3, -0.25) is 9.97 Å². The number of hydrogen-bond donors (Lipinski definition) is 2. The SMILES string of the molecule is N=C(N)P=O.[Cr]. The average molecular weight is 142 g/mol. The minimum Gasteiger partial charge on any atom is -0.378 e. The van der Waals surface area contributed by atoms with Crippen molar-refractivity contribution in [3.8, 4) is 0 Å². The quantitative estimate of drug-likeness (QED) is 0.311. The summed E-state index contributed by atoms with van der Waals surface area (Å²) in [5.41, 5.74) is 4.22. The summed E-state index contributed by atoms with van der Waals surface area (Å²) >= 11 is 0. The molecule has 0 saturated heterocycles. The zero-order valence-corrected chi connectivity index (χ0v) is 5.01. The molecule has 0 heterocycles. The molecule has 0 aliphatic carbocycles. The van der Waals surface area contributed by atoms with Gasteiger partial charge < -0.3 is 5.73 Å². The Labute approximate surface area is 47.8 Å². The second-order valence-electron chi connectivity index (χ2n) is 0.477. The van der Waals surface area contributed by atoms with E-state index >= 15 is 0 Å². The van der Waals surface area contributed by atoms with Crippen LogP contribution in [0, 0.1) is 5.41 Å². The maximum absolute atomic E-state index is 9.25. The molecule has 0 fully saturated rings. The Morgan fingerprint density at radius 2 is 2.00 bits per heavy atom. The van der Waals surface area contributed by atoms with Crippen LogP contribution in [0.1, 0.15) is 0 Å². The van der Waals surface area contributed by atoms with Crippen LogP contribution in [0.25, 0.3) is 0 Å². The molecule has 0 rings (SSSR count). The van der Waals surface area contributed by atoms with Crippen LogP contribution < -0.4 is 5.73 Å². The molecule has 3 nitrogen and oxygen atoms in total. The Bertz CT molecular complexity index is 64.6. The van der Waals surface area contributed by atoms with Crippen LogP contribution in [-0.4, -0.2) is 5.58 Å². The minimum absolute atomic E-state index is 0. The fourth-order valence-corrected chi connectivity index (χ4v) is 0. The smallest absolute Gasteiger partial charge is 0.230 e. The van der Waals surface area contributed by atoms with Gasteiger partial charge in [0, 0.05) is 17.4 Å². The van der Waals surface area contributed by atoms with Gasteiger partial charge >= 0.3 is 0 Å². The molecule has 0 aliphatic heterocycles. The molecule has 0 aliphatic rings. The van der Waals surface area contributed by atoms with Crippen LogP contribution >= 0.6 is 8.46 Å². The summed E-state index contributed by atoms with van der Waals surface area (Å²) in [7, 11) is -0.392. The molecule has 0 bridgehead atoms. The second-order valence-corrected chi connectivity index (χ2v) is 1.14. The van der Waals surface area contributed by atoms with Gasteiger partial charge in [0.2, 0.25) is 8.46 Å². The van der Waals surface area contributed by atoms with Crippen molar-refractivity contribution in [2.45, 2.75) is 0 Å². The predicted octanol–water partition coefficient (Wildman–Crippen LogP) is 0.169. The molecular formula is CH3CrN2OP. The number of nitrogens with two attached hydrogens (primary N) is 1. The Kier molecular flexibility index (Phi) is 8.03. The van der Waals surface area contributed by atoms with Crippen LogP contribution in [0.2, 0.25) is 0 Å². The molecule has 0 unspecified atom stereocenters. The molecule has 0 amide bonds. The van der Waals surface area contributed by atoms with Gasteiger partial charge in [-0.2, -0.15) is 0 Å². The third-order valence-electron chi connectivity index (χ3n) is 0.0983. The van der Waals surface area contributed by atoms with E-state index in [9.17, 15) is 4.57 Å². The maximum Gasteiger partial charge on any atom is 0.230 e. The molecule has 34 valence electrons. The zero-order chi connectivity index (χ0) is 4.28. The third kappa shape index (κ3) is 8.93. The van der Waals surface area contributed by atoms with Crippen LogP contribution in [0.15, 0.2) is 0 Å². The van der Waals surface area contributed by atoms with Crippen molar-refractivity contribution in [2.75, 3.05) is 0 Å². The second kappa shape index (κ2) is 5.10. The molecule has 6 heavy (non-hydrogen) atoms. The number of hydrogen-bond acceptors (Lipinski definition) is 2. The van der Waals surface area contributed by atoms with Crippen molar-refractivity contribution in [2.24, 2.45) is 5.73 Å². The van der Waals surface area contributed by atoms with E-state index in [4.69, 9.17) is 5.41 Å². The number of rotatable bonds is 1. The van der Waals surface area contributed by atoms with Crippen molar-refractivity contribution in [3.63, 3.8) is 0 Å². The Hall–Kier alpha value is 0.102. The molecule has 0 atom stereocenters. The summed E-state index contributed by atoms with van der Waals surface area (Å²) in [6, 6.07) is 0. The summed E-state index contributed by atoms with van der Waals surface area (Å²) in [5.74, 6) is 0. The van der Waals surface area contributed by atoms with Crippen molar-refractivity contribution in [1.29, 1.82) is 5.41 Å². The van der Waals surface area contributed by atoms with E-state index in [1.54, 1.807) is 0 Å². The normalized spacial score (nSPS) is 6.67. The zero-order valence-electron chi connectivity index (χ0n) is 2.84. The van der Waals surface area contributed by atoms with Gasteiger partial charge in [0.05, 0.1) is 0 Å². The summed E-state index contributed by atoms with van der Waals surface area (Å²) in [6.45, 7) is 0. The molecule has 0 radical (unpaired) electrons. The van der Waals surface area contributed by atoms with Gasteiger partial charge in [0.15, 0.2) is 5.58 Å². The van der Waals surface area contributed by atoms with Crippen molar-refractivity contribution in [3.05, 3.63) is 0 Å². The van der Waals surface area contributed by atoms with Crippen LogP contribution in [0.4, 0.5) is 0 Å². The Morgan fingerprint density at radius 1 is 1.83 bits per heavy atom. The Morgan fingerprint density at radius 3 is 2.00 bits per heavy atom. The van der Waals surface area contributed by atoms with Crippen LogP contribution in [0.3, 0.4) is 0 Å². The maximum atomic E-state index is 9.25. The van der Waals surface area contributed by atoms with Gasteiger partial charge in [-0.1, -0.05) is 0 Å². The van der Waals surface area contributed by atoms with Gasteiger partial charge in [-0.25, -0.2) is 0 Å². The van der Waals surface area contributed by atoms with Crippen molar-refractivity contribution in [1.82, 2.24) is 0 Å². The van der Waals surface area contributed by atoms with Crippen molar-refractivity contribution >= 4 is 14.0 Å². The first-order valence-electron chi connectivity index (χ1n) is 0.945. The molecule has 0 spiro atoms. The molecular weight excluding hydrogens is 139 g/mol.